The van der Waals surface area contributed by atoms with E-state index in [1.807, 2.05) is 27.7 Å². The van der Waals surface area contributed by atoms with Gasteiger partial charge in [0.25, 0.3) is 0 Å². The van der Waals surface area contributed by atoms with Gasteiger partial charge in [0, 0.05) is 6.61 Å². The molecule has 0 radical (unpaired) electrons. The summed E-state index contributed by atoms with van der Waals surface area (Å²) in [6.45, 7) is 14.6. The Labute approximate surface area is 107 Å². The molecule has 0 N–H and O–H groups in total. The van der Waals surface area contributed by atoms with Gasteiger partial charge in [-0.25, -0.2) is 0 Å². The molecule has 0 atom stereocenters. The van der Waals surface area contributed by atoms with E-state index in [4.69, 9.17) is 14.2 Å². The molecule has 0 saturated heterocycles. The lowest BCUT2D eigenvalue weighted by molar-refractivity contribution is -0.0829. The van der Waals surface area contributed by atoms with E-state index in [1.165, 1.54) is 0 Å². The second kappa shape index (κ2) is 9.86. The molecule has 3 nitrogen and oxygen atoms in total. The topological polar surface area (TPSA) is 27.7 Å². The van der Waals surface area contributed by atoms with Gasteiger partial charge in [0.2, 0.25) is 0 Å². The summed E-state index contributed by atoms with van der Waals surface area (Å²) in [7, 11) is 0. The summed E-state index contributed by atoms with van der Waals surface area (Å²) in [6, 6.07) is 0. The summed E-state index contributed by atoms with van der Waals surface area (Å²) in [4.78, 5) is 0. The average molecular weight is 246 g/mol. The van der Waals surface area contributed by atoms with E-state index in [9.17, 15) is 0 Å². The van der Waals surface area contributed by atoms with Gasteiger partial charge in [-0.15, -0.1) is 0 Å². The van der Waals surface area contributed by atoms with Gasteiger partial charge in [0.15, 0.2) is 0 Å². The van der Waals surface area contributed by atoms with Crippen molar-refractivity contribution in [1.82, 2.24) is 0 Å². The van der Waals surface area contributed by atoms with Crippen LogP contribution in [0.3, 0.4) is 0 Å². The second-order valence-corrected chi connectivity index (χ2v) is 5.44. The summed E-state index contributed by atoms with van der Waals surface area (Å²) in [6.07, 6.45) is 1.62. The SMILES string of the molecule is CC(C)CCOC(COC(C)C)COC(C)C. The molecule has 0 aliphatic heterocycles. The summed E-state index contributed by atoms with van der Waals surface area (Å²) >= 11 is 0. The highest BCUT2D eigenvalue weighted by atomic mass is 16.6. The zero-order valence-corrected chi connectivity index (χ0v) is 12.4. The van der Waals surface area contributed by atoms with Crippen LogP contribution in [-0.4, -0.2) is 38.1 Å². The molecule has 0 aromatic heterocycles. The average Bonchev–Trinajstić information content (AvgIpc) is 2.20. The Bertz CT molecular complexity index is 155. The van der Waals surface area contributed by atoms with Crippen LogP contribution in [0.2, 0.25) is 0 Å². The highest BCUT2D eigenvalue weighted by Crippen LogP contribution is 2.05. The van der Waals surface area contributed by atoms with E-state index in [-0.39, 0.29) is 18.3 Å². The van der Waals surface area contributed by atoms with E-state index in [0.717, 1.165) is 13.0 Å². The number of ether oxygens (including phenoxy) is 3. The molecule has 17 heavy (non-hydrogen) atoms. The minimum Gasteiger partial charge on any atom is -0.376 e. The molecular formula is C14H30O3. The van der Waals surface area contributed by atoms with E-state index < -0.39 is 0 Å². The molecule has 3 heteroatoms. The lowest BCUT2D eigenvalue weighted by atomic mass is 10.1. The minimum absolute atomic E-state index is 0.0542. The van der Waals surface area contributed by atoms with Crippen molar-refractivity contribution in [2.24, 2.45) is 5.92 Å². The Morgan fingerprint density at radius 2 is 1.18 bits per heavy atom. The molecule has 0 spiro atoms. The van der Waals surface area contributed by atoms with E-state index in [2.05, 4.69) is 13.8 Å². The first-order chi connectivity index (χ1) is 7.91. The lowest BCUT2D eigenvalue weighted by Crippen LogP contribution is -2.29. The maximum absolute atomic E-state index is 5.80. The highest BCUT2D eigenvalue weighted by molar-refractivity contribution is 4.58. The summed E-state index contributed by atoms with van der Waals surface area (Å²) < 4.78 is 17.0. The first kappa shape index (κ1) is 16.9. The fourth-order valence-electron chi connectivity index (χ4n) is 1.21. The normalized spacial score (nSPS) is 12.4. The van der Waals surface area contributed by atoms with Gasteiger partial charge < -0.3 is 14.2 Å². The van der Waals surface area contributed by atoms with Crippen molar-refractivity contribution in [3.63, 3.8) is 0 Å². The van der Waals surface area contributed by atoms with Crippen molar-refractivity contribution in [3.05, 3.63) is 0 Å². The van der Waals surface area contributed by atoms with Crippen molar-refractivity contribution >= 4 is 0 Å². The van der Waals surface area contributed by atoms with Gasteiger partial charge in [0.05, 0.1) is 25.4 Å². The molecule has 0 amide bonds. The number of hydrogen-bond acceptors (Lipinski definition) is 3. The zero-order valence-electron chi connectivity index (χ0n) is 12.4. The van der Waals surface area contributed by atoms with E-state index in [0.29, 0.717) is 19.1 Å². The van der Waals surface area contributed by atoms with Crippen molar-refractivity contribution in [2.75, 3.05) is 19.8 Å². The molecule has 0 fully saturated rings. The number of hydrogen-bond donors (Lipinski definition) is 0. The summed E-state index contributed by atoms with van der Waals surface area (Å²) in [5.41, 5.74) is 0. The standard InChI is InChI=1S/C14H30O3/c1-11(2)7-8-15-14(9-16-12(3)4)10-17-13(5)6/h11-14H,7-10H2,1-6H3. The van der Waals surface area contributed by atoms with E-state index >= 15 is 0 Å². The van der Waals surface area contributed by atoms with Gasteiger partial charge >= 0.3 is 0 Å². The molecular weight excluding hydrogens is 216 g/mol. The van der Waals surface area contributed by atoms with Crippen LogP contribution >= 0.6 is 0 Å². The van der Waals surface area contributed by atoms with Gasteiger partial charge in [0.1, 0.15) is 6.10 Å². The largest absolute Gasteiger partial charge is 0.376 e. The lowest BCUT2D eigenvalue weighted by Gasteiger charge is -2.21. The van der Waals surface area contributed by atoms with Gasteiger partial charge in [-0.05, 0) is 40.0 Å². The molecule has 0 saturated carbocycles. The monoisotopic (exact) mass is 246 g/mol. The van der Waals surface area contributed by atoms with Gasteiger partial charge in [-0.2, -0.15) is 0 Å². The fraction of sp³-hybridized carbons (Fsp3) is 1.00. The molecule has 0 aliphatic rings. The predicted octanol–water partition coefficient (Wildman–Crippen LogP) is 3.27. The summed E-state index contributed by atoms with van der Waals surface area (Å²) in [5, 5.41) is 0. The smallest absolute Gasteiger partial charge is 0.104 e. The first-order valence-corrected chi connectivity index (χ1v) is 6.76. The maximum Gasteiger partial charge on any atom is 0.104 e. The van der Waals surface area contributed by atoms with Crippen LogP contribution in [0.5, 0.6) is 0 Å². The van der Waals surface area contributed by atoms with Crippen LogP contribution in [0.1, 0.15) is 48.0 Å². The Morgan fingerprint density at radius 3 is 1.53 bits per heavy atom. The van der Waals surface area contributed by atoms with Crippen molar-refractivity contribution in [2.45, 2.75) is 66.3 Å². The van der Waals surface area contributed by atoms with Crippen molar-refractivity contribution in [1.29, 1.82) is 0 Å². The molecule has 0 heterocycles. The number of rotatable bonds is 10. The van der Waals surface area contributed by atoms with Gasteiger partial charge in [-0.3, -0.25) is 0 Å². The Balaban J connectivity index is 3.84. The molecule has 104 valence electrons. The van der Waals surface area contributed by atoms with E-state index in [1.54, 1.807) is 0 Å². The quantitative estimate of drug-likeness (QED) is 0.592. The molecule has 0 aliphatic carbocycles. The summed E-state index contributed by atoms with van der Waals surface area (Å²) in [5.74, 6) is 0.674. The molecule has 0 aromatic rings. The molecule has 0 unspecified atom stereocenters. The third kappa shape index (κ3) is 12.1. The van der Waals surface area contributed by atoms with Crippen LogP contribution in [0.25, 0.3) is 0 Å². The van der Waals surface area contributed by atoms with Gasteiger partial charge in [-0.1, -0.05) is 13.8 Å². The molecule has 0 rings (SSSR count). The van der Waals surface area contributed by atoms with Crippen LogP contribution in [0.4, 0.5) is 0 Å². The van der Waals surface area contributed by atoms with Crippen LogP contribution in [0, 0.1) is 5.92 Å². The van der Waals surface area contributed by atoms with Crippen molar-refractivity contribution < 1.29 is 14.2 Å². The van der Waals surface area contributed by atoms with Crippen LogP contribution < -0.4 is 0 Å². The fourth-order valence-corrected chi connectivity index (χ4v) is 1.21. The Hall–Kier alpha value is -0.120. The zero-order chi connectivity index (χ0) is 13.3. The molecule has 0 bridgehead atoms. The van der Waals surface area contributed by atoms with Crippen LogP contribution in [0.15, 0.2) is 0 Å². The van der Waals surface area contributed by atoms with Crippen LogP contribution in [-0.2, 0) is 14.2 Å². The van der Waals surface area contributed by atoms with Crippen molar-refractivity contribution in [3.8, 4) is 0 Å². The second-order valence-electron chi connectivity index (χ2n) is 5.44. The third-order valence-electron chi connectivity index (χ3n) is 2.28. The highest BCUT2D eigenvalue weighted by Gasteiger charge is 2.12. The third-order valence-corrected chi connectivity index (χ3v) is 2.28. The Kier molecular flexibility index (Phi) is 9.79. The minimum atomic E-state index is 0.0542. The molecule has 0 aromatic carbocycles. The Morgan fingerprint density at radius 1 is 0.706 bits per heavy atom. The predicted molar refractivity (Wildman–Crippen MR) is 71.4 cm³/mol. The first-order valence-electron chi connectivity index (χ1n) is 6.76. The maximum atomic E-state index is 5.80.